The molecule has 1 fully saturated rings. The topological polar surface area (TPSA) is 72.9 Å². The predicted molar refractivity (Wildman–Crippen MR) is 88.6 cm³/mol. The third-order valence-corrected chi connectivity index (χ3v) is 4.28. The van der Waals surface area contributed by atoms with Gasteiger partial charge < -0.3 is 9.47 Å². The van der Waals surface area contributed by atoms with Crippen molar-refractivity contribution in [2.45, 2.75) is 18.9 Å². The Morgan fingerprint density at radius 3 is 2.40 bits per heavy atom. The molecule has 2 amide bonds. The lowest BCUT2D eigenvalue weighted by Crippen LogP contribution is -2.29. The van der Waals surface area contributed by atoms with E-state index in [9.17, 15) is 14.4 Å². The van der Waals surface area contributed by atoms with Crippen molar-refractivity contribution in [2.75, 3.05) is 11.5 Å². The Balaban J connectivity index is 1.59. The first-order valence-corrected chi connectivity index (χ1v) is 8.06. The van der Waals surface area contributed by atoms with Crippen molar-refractivity contribution in [1.82, 2.24) is 0 Å². The van der Waals surface area contributed by atoms with Crippen molar-refractivity contribution in [2.24, 2.45) is 0 Å². The molecule has 25 heavy (non-hydrogen) atoms. The molecule has 0 bridgehead atoms. The lowest BCUT2D eigenvalue weighted by molar-refractivity contribution is -0.144. The zero-order valence-electron chi connectivity index (χ0n) is 13.3. The van der Waals surface area contributed by atoms with Gasteiger partial charge in [0.05, 0.1) is 16.8 Å². The van der Waals surface area contributed by atoms with E-state index in [1.165, 1.54) is 6.07 Å². The molecular weight excluding hydrogens is 322 g/mol. The number of imide groups is 1. The number of benzene rings is 2. The molecule has 1 saturated heterocycles. The minimum atomic E-state index is -0.553. The van der Waals surface area contributed by atoms with Gasteiger partial charge in [-0.1, -0.05) is 18.2 Å². The van der Waals surface area contributed by atoms with E-state index in [0.29, 0.717) is 29.8 Å². The Bertz CT molecular complexity index is 835. The number of carbonyl (C=O) groups is 3. The van der Waals surface area contributed by atoms with Crippen LogP contribution in [0, 0.1) is 0 Å². The van der Waals surface area contributed by atoms with Crippen LogP contribution in [0.15, 0.2) is 48.5 Å². The van der Waals surface area contributed by atoms with Crippen LogP contribution in [0.5, 0.6) is 5.75 Å². The molecule has 0 spiro atoms. The number of carbonyl (C=O) groups excluding carboxylic acids is 3. The van der Waals surface area contributed by atoms with Crippen LogP contribution >= 0.6 is 0 Å². The summed E-state index contributed by atoms with van der Waals surface area (Å²) in [5.74, 6) is -0.960. The van der Waals surface area contributed by atoms with Gasteiger partial charge >= 0.3 is 5.97 Å². The minimum absolute atomic E-state index is 0.273. The third-order valence-electron chi connectivity index (χ3n) is 4.28. The summed E-state index contributed by atoms with van der Waals surface area (Å²) in [4.78, 5) is 38.2. The van der Waals surface area contributed by atoms with Crippen molar-refractivity contribution in [3.8, 4) is 5.75 Å². The highest BCUT2D eigenvalue weighted by atomic mass is 16.6. The fourth-order valence-corrected chi connectivity index (χ4v) is 3.06. The molecule has 2 aliphatic rings. The van der Waals surface area contributed by atoms with Gasteiger partial charge in [0, 0.05) is 12.7 Å². The number of amides is 2. The van der Waals surface area contributed by atoms with Crippen LogP contribution in [0.3, 0.4) is 0 Å². The Morgan fingerprint density at radius 1 is 1.04 bits per heavy atom. The van der Waals surface area contributed by atoms with E-state index in [4.69, 9.17) is 9.47 Å². The minimum Gasteiger partial charge on any atom is -0.425 e. The first kappa shape index (κ1) is 15.5. The van der Waals surface area contributed by atoms with Crippen LogP contribution in [0.1, 0.15) is 33.6 Å². The molecule has 2 aromatic rings. The maximum atomic E-state index is 12.5. The first-order valence-electron chi connectivity index (χ1n) is 8.06. The lowest BCUT2D eigenvalue weighted by Gasteiger charge is -2.15. The van der Waals surface area contributed by atoms with Crippen LogP contribution in [0.2, 0.25) is 0 Å². The lowest BCUT2D eigenvalue weighted by atomic mass is 10.1. The zero-order valence-corrected chi connectivity index (χ0v) is 13.3. The summed E-state index contributed by atoms with van der Waals surface area (Å²) in [5.41, 5.74) is 1.10. The number of esters is 1. The summed E-state index contributed by atoms with van der Waals surface area (Å²) in [6.45, 7) is 0.550. The van der Waals surface area contributed by atoms with E-state index in [-0.39, 0.29) is 17.6 Å². The third kappa shape index (κ3) is 2.70. The molecule has 0 saturated carbocycles. The molecular formula is C19H15NO5. The Hall–Kier alpha value is -2.99. The summed E-state index contributed by atoms with van der Waals surface area (Å²) < 4.78 is 10.6. The van der Waals surface area contributed by atoms with Gasteiger partial charge in [-0.3, -0.25) is 9.59 Å². The number of nitrogens with zero attached hydrogens (tertiary/aromatic N) is 1. The Kier molecular flexibility index (Phi) is 3.82. The molecule has 6 nitrogen and oxygen atoms in total. The molecule has 1 atom stereocenters. The van der Waals surface area contributed by atoms with Crippen LogP contribution in [0.25, 0.3) is 0 Å². The van der Waals surface area contributed by atoms with Crippen molar-refractivity contribution in [3.05, 3.63) is 59.7 Å². The summed E-state index contributed by atoms with van der Waals surface area (Å²) in [6, 6.07) is 13.1. The monoisotopic (exact) mass is 337 g/mol. The number of rotatable bonds is 3. The van der Waals surface area contributed by atoms with Crippen LogP contribution in [-0.2, 0) is 9.53 Å². The highest BCUT2D eigenvalue weighted by Gasteiger charge is 2.36. The number of hydrogen-bond donors (Lipinski definition) is 0. The standard InChI is InChI=1S/C19H15NO5/c21-17-14-7-1-2-8-15(14)18(22)20(17)12-5-3-6-13(11-12)25-19(23)16-9-4-10-24-16/h1-3,5-8,11,16H,4,9-10H2/t16-/m0/s1. The van der Waals surface area contributed by atoms with Gasteiger partial charge in [0.2, 0.25) is 0 Å². The average Bonchev–Trinajstić information content (AvgIpc) is 3.24. The van der Waals surface area contributed by atoms with Gasteiger partial charge in [0.15, 0.2) is 6.10 Å². The normalized spacial score (nSPS) is 19.2. The number of anilines is 1. The molecule has 2 heterocycles. The largest absolute Gasteiger partial charge is 0.425 e. The molecule has 2 aromatic carbocycles. The van der Waals surface area contributed by atoms with Gasteiger partial charge in [-0.25, -0.2) is 9.69 Å². The highest BCUT2D eigenvalue weighted by molar-refractivity contribution is 6.34. The van der Waals surface area contributed by atoms with E-state index in [1.807, 2.05) is 0 Å². The molecule has 0 N–H and O–H groups in total. The molecule has 126 valence electrons. The van der Waals surface area contributed by atoms with Gasteiger partial charge in [0.25, 0.3) is 11.8 Å². The van der Waals surface area contributed by atoms with Crippen LogP contribution < -0.4 is 9.64 Å². The van der Waals surface area contributed by atoms with E-state index in [0.717, 1.165) is 11.3 Å². The van der Waals surface area contributed by atoms with Crippen LogP contribution in [-0.4, -0.2) is 30.5 Å². The molecule has 0 aliphatic carbocycles. The molecule has 6 heteroatoms. The van der Waals surface area contributed by atoms with Gasteiger partial charge in [0.1, 0.15) is 5.75 Å². The Labute approximate surface area is 144 Å². The number of hydrogen-bond acceptors (Lipinski definition) is 5. The molecule has 4 rings (SSSR count). The SMILES string of the molecule is O=C(Oc1cccc(N2C(=O)c3ccccc3C2=O)c1)[C@@H]1CCCO1. The van der Waals surface area contributed by atoms with Crippen LogP contribution in [0.4, 0.5) is 5.69 Å². The van der Waals surface area contributed by atoms with E-state index in [2.05, 4.69) is 0 Å². The average molecular weight is 337 g/mol. The smallest absolute Gasteiger partial charge is 0.340 e. The summed E-state index contributed by atoms with van der Waals surface area (Å²) in [5, 5.41) is 0. The fraction of sp³-hybridized carbons (Fsp3) is 0.211. The van der Waals surface area contributed by atoms with Crippen molar-refractivity contribution in [3.63, 3.8) is 0 Å². The summed E-state index contributed by atoms with van der Waals surface area (Å²) in [7, 11) is 0. The van der Waals surface area contributed by atoms with E-state index in [1.54, 1.807) is 42.5 Å². The second kappa shape index (κ2) is 6.14. The summed E-state index contributed by atoms with van der Waals surface area (Å²) >= 11 is 0. The van der Waals surface area contributed by atoms with E-state index >= 15 is 0 Å². The number of fused-ring (bicyclic) bond motifs is 1. The molecule has 0 radical (unpaired) electrons. The number of ether oxygens (including phenoxy) is 2. The second-order valence-electron chi connectivity index (χ2n) is 5.91. The Morgan fingerprint density at radius 2 is 1.76 bits per heavy atom. The maximum absolute atomic E-state index is 12.5. The fourth-order valence-electron chi connectivity index (χ4n) is 3.06. The highest BCUT2D eigenvalue weighted by Crippen LogP contribution is 2.30. The first-order chi connectivity index (χ1) is 12.1. The van der Waals surface area contributed by atoms with Gasteiger partial charge in [-0.15, -0.1) is 0 Å². The van der Waals surface area contributed by atoms with Crippen molar-refractivity contribution in [1.29, 1.82) is 0 Å². The van der Waals surface area contributed by atoms with E-state index < -0.39 is 12.1 Å². The summed E-state index contributed by atoms with van der Waals surface area (Å²) in [6.07, 6.45) is 0.911. The molecule has 0 unspecified atom stereocenters. The van der Waals surface area contributed by atoms with Gasteiger partial charge in [-0.2, -0.15) is 0 Å². The zero-order chi connectivity index (χ0) is 17.4. The quantitative estimate of drug-likeness (QED) is 0.489. The van der Waals surface area contributed by atoms with Gasteiger partial charge in [-0.05, 0) is 37.1 Å². The molecule has 0 aromatic heterocycles. The predicted octanol–water partition coefficient (Wildman–Crippen LogP) is 2.57. The van der Waals surface area contributed by atoms with Crippen molar-refractivity contribution < 1.29 is 23.9 Å². The second-order valence-corrected chi connectivity index (χ2v) is 5.91. The van der Waals surface area contributed by atoms with Crippen molar-refractivity contribution >= 4 is 23.5 Å². The maximum Gasteiger partial charge on any atom is 0.340 e. The molecule has 2 aliphatic heterocycles.